The van der Waals surface area contributed by atoms with Crippen LogP contribution in [0.3, 0.4) is 0 Å². The number of carbonyl (C=O) groups is 2. The Morgan fingerprint density at radius 3 is 2.37 bits per heavy atom. The summed E-state index contributed by atoms with van der Waals surface area (Å²) in [4.78, 5) is 24.3. The van der Waals surface area contributed by atoms with Crippen LogP contribution in [0.2, 0.25) is 5.02 Å². The van der Waals surface area contributed by atoms with Crippen LogP contribution < -0.4 is 10.6 Å². The van der Waals surface area contributed by atoms with Crippen molar-refractivity contribution < 1.29 is 14.3 Å². The van der Waals surface area contributed by atoms with E-state index in [0.717, 1.165) is 23.2 Å². The van der Waals surface area contributed by atoms with Crippen molar-refractivity contribution in [2.75, 3.05) is 5.32 Å². The summed E-state index contributed by atoms with van der Waals surface area (Å²) in [5, 5.41) is 10.5. The molecule has 0 unspecified atom stereocenters. The zero-order valence-electron chi connectivity index (χ0n) is 16.8. The molecule has 0 atom stereocenters. The van der Waals surface area contributed by atoms with Crippen LogP contribution in [-0.4, -0.2) is 21.8 Å². The molecule has 8 heteroatoms. The van der Waals surface area contributed by atoms with E-state index in [4.69, 9.17) is 16.3 Å². The Bertz CT molecular complexity index is 1010. The van der Waals surface area contributed by atoms with Crippen LogP contribution in [0.25, 0.3) is 0 Å². The number of halogens is 1. The van der Waals surface area contributed by atoms with Crippen molar-refractivity contribution in [1.82, 2.24) is 15.1 Å². The maximum Gasteiger partial charge on any atom is 0.411 e. The Labute approximate surface area is 180 Å². The van der Waals surface area contributed by atoms with Gasteiger partial charge in [-0.3, -0.25) is 14.8 Å². The predicted octanol–water partition coefficient (Wildman–Crippen LogP) is 4.31. The Morgan fingerprint density at radius 1 is 1.07 bits per heavy atom. The molecule has 1 aromatic heterocycles. The molecule has 0 saturated heterocycles. The fourth-order valence-electron chi connectivity index (χ4n) is 2.77. The highest BCUT2D eigenvalue weighted by Crippen LogP contribution is 2.13. The third kappa shape index (κ3) is 5.84. The molecule has 0 aliphatic heterocycles. The topological polar surface area (TPSA) is 85.3 Å². The lowest BCUT2D eigenvalue weighted by atomic mass is 10.2. The van der Waals surface area contributed by atoms with E-state index in [1.807, 2.05) is 19.1 Å². The minimum atomic E-state index is -0.547. The SMILES string of the molecule is CCc1cc(C(=O)NCc2ccc(NC(=O)OCc3ccc(Cl)cc3)cc2)n(C)n1. The molecule has 0 radical (unpaired) electrons. The van der Waals surface area contributed by atoms with E-state index in [2.05, 4.69) is 15.7 Å². The van der Waals surface area contributed by atoms with Gasteiger partial charge in [0.2, 0.25) is 0 Å². The van der Waals surface area contributed by atoms with Gasteiger partial charge in [-0.05, 0) is 47.9 Å². The minimum absolute atomic E-state index is 0.154. The maximum absolute atomic E-state index is 12.3. The summed E-state index contributed by atoms with van der Waals surface area (Å²) in [6.07, 6.45) is 0.228. The molecule has 30 heavy (non-hydrogen) atoms. The lowest BCUT2D eigenvalue weighted by Gasteiger charge is -2.09. The Morgan fingerprint density at radius 2 is 1.73 bits per heavy atom. The van der Waals surface area contributed by atoms with E-state index >= 15 is 0 Å². The van der Waals surface area contributed by atoms with Gasteiger partial charge < -0.3 is 10.1 Å². The van der Waals surface area contributed by atoms with Gasteiger partial charge >= 0.3 is 6.09 Å². The summed E-state index contributed by atoms with van der Waals surface area (Å²) in [5.41, 5.74) is 3.75. The number of aryl methyl sites for hydroxylation is 2. The largest absolute Gasteiger partial charge is 0.444 e. The van der Waals surface area contributed by atoms with Crippen LogP contribution in [0.1, 0.15) is 34.2 Å². The van der Waals surface area contributed by atoms with Gasteiger partial charge in [-0.25, -0.2) is 4.79 Å². The van der Waals surface area contributed by atoms with Crippen LogP contribution in [0, 0.1) is 0 Å². The lowest BCUT2D eigenvalue weighted by Crippen LogP contribution is -2.25. The average Bonchev–Trinajstić information content (AvgIpc) is 3.13. The quantitative estimate of drug-likeness (QED) is 0.589. The molecule has 156 valence electrons. The molecule has 1 heterocycles. The number of rotatable bonds is 7. The summed E-state index contributed by atoms with van der Waals surface area (Å²) in [6, 6.07) is 16.0. The molecule has 7 nitrogen and oxygen atoms in total. The zero-order valence-corrected chi connectivity index (χ0v) is 17.6. The molecule has 0 bridgehead atoms. The predicted molar refractivity (Wildman–Crippen MR) is 115 cm³/mol. The number of aromatic nitrogens is 2. The third-order valence-electron chi connectivity index (χ3n) is 4.46. The van der Waals surface area contributed by atoms with Crippen molar-refractivity contribution in [3.63, 3.8) is 0 Å². The molecule has 0 aliphatic rings. The summed E-state index contributed by atoms with van der Waals surface area (Å²) >= 11 is 5.83. The number of nitrogens with zero attached hydrogens (tertiary/aromatic N) is 2. The molecule has 0 spiro atoms. The smallest absolute Gasteiger partial charge is 0.411 e. The highest BCUT2D eigenvalue weighted by Gasteiger charge is 2.12. The third-order valence-corrected chi connectivity index (χ3v) is 4.71. The van der Waals surface area contributed by atoms with Crippen LogP contribution in [0.5, 0.6) is 0 Å². The van der Waals surface area contributed by atoms with Gasteiger partial charge in [0.1, 0.15) is 12.3 Å². The number of amides is 2. The highest BCUT2D eigenvalue weighted by molar-refractivity contribution is 6.30. The Kier molecular flexibility index (Phi) is 7.08. The van der Waals surface area contributed by atoms with Crippen LogP contribution in [0.15, 0.2) is 54.6 Å². The van der Waals surface area contributed by atoms with Gasteiger partial charge in [-0.15, -0.1) is 0 Å². The highest BCUT2D eigenvalue weighted by atomic mass is 35.5. The maximum atomic E-state index is 12.3. The first-order valence-corrected chi connectivity index (χ1v) is 9.90. The lowest BCUT2D eigenvalue weighted by molar-refractivity contribution is 0.0941. The van der Waals surface area contributed by atoms with E-state index in [9.17, 15) is 9.59 Å². The number of hydrogen-bond donors (Lipinski definition) is 2. The molecular formula is C22H23ClN4O3. The van der Waals surface area contributed by atoms with Crippen molar-refractivity contribution in [3.05, 3.63) is 82.1 Å². The number of carbonyl (C=O) groups excluding carboxylic acids is 2. The normalized spacial score (nSPS) is 10.5. The average molecular weight is 427 g/mol. The summed E-state index contributed by atoms with van der Waals surface area (Å²) < 4.78 is 6.77. The van der Waals surface area contributed by atoms with Gasteiger partial charge in [0.25, 0.3) is 5.91 Å². The number of hydrogen-bond acceptors (Lipinski definition) is 4. The summed E-state index contributed by atoms with van der Waals surface area (Å²) in [5.74, 6) is -0.183. The second kappa shape index (κ2) is 9.93. The first-order chi connectivity index (χ1) is 14.4. The molecular weight excluding hydrogens is 404 g/mol. The summed E-state index contributed by atoms with van der Waals surface area (Å²) in [6.45, 7) is 2.51. The van der Waals surface area contributed by atoms with Crippen LogP contribution >= 0.6 is 11.6 Å². The van der Waals surface area contributed by atoms with E-state index in [0.29, 0.717) is 22.9 Å². The van der Waals surface area contributed by atoms with Crippen molar-refractivity contribution >= 4 is 29.3 Å². The molecule has 2 amide bonds. The number of benzene rings is 2. The van der Waals surface area contributed by atoms with Gasteiger partial charge in [-0.1, -0.05) is 42.8 Å². The molecule has 3 rings (SSSR count). The fourth-order valence-corrected chi connectivity index (χ4v) is 2.90. The first kappa shape index (κ1) is 21.4. The molecule has 2 aromatic carbocycles. The summed E-state index contributed by atoms with van der Waals surface area (Å²) in [7, 11) is 1.75. The molecule has 0 aliphatic carbocycles. The molecule has 3 aromatic rings. The minimum Gasteiger partial charge on any atom is -0.444 e. The number of anilines is 1. The van der Waals surface area contributed by atoms with Gasteiger partial charge in [0.05, 0.1) is 5.69 Å². The standard InChI is InChI=1S/C22H23ClN4O3/c1-3-18-12-20(27(2)26-18)21(28)24-13-15-6-10-19(11-7-15)25-22(29)30-14-16-4-8-17(23)9-5-16/h4-12H,3,13-14H2,1-2H3,(H,24,28)(H,25,29). The van der Waals surface area contributed by atoms with Crippen LogP contribution in [-0.2, 0) is 31.4 Å². The van der Waals surface area contributed by atoms with Crippen molar-refractivity contribution in [1.29, 1.82) is 0 Å². The number of nitrogens with one attached hydrogen (secondary N) is 2. The first-order valence-electron chi connectivity index (χ1n) is 9.53. The second-order valence-corrected chi connectivity index (χ2v) is 7.14. The monoisotopic (exact) mass is 426 g/mol. The van der Waals surface area contributed by atoms with Crippen molar-refractivity contribution in [2.24, 2.45) is 7.05 Å². The van der Waals surface area contributed by atoms with E-state index < -0.39 is 6.09 Å². The molecule has 0 fully saturated rings. The van der Waals surface area contributed by atoms with Gasteiger partial charge in [-0.2, -0.15) is 5.10 Å². The molecule has 0 saturated carbocycles. The molecule has 2 N–H and O–H groups in total. The number of ether oxygens (including phenoxy) is 1. The fraction of sp³-hybridized carbons (Fsp3) is 0.227. The zero-order chi connectivity index (χ0) is 21.5. The van der Waals surface area contributed by atoms with Gasteiger partial charge in [0, 0.05) is 24.3 Å². The second-order valence-electron chi connectivity index (χ2n) is 6.71. The Hall–Kier alpha value is -3.32. The van der Waals surface area contributed by atoms with Crippen molar-refractivity contribution in [2.45, 2.75) is 26.5 Å². The van der Waals surface area contributed by atoms with E-state index in [1.54, 1.807) is 54.2 Å². The Balaban J connectivity index is 1.47. The van der Waals surface area contributed by atoms with E-state index in [1.165, 1.54) is 0 Å². The van der Waals surface area contributed by atoms with E-state index in [-0.39, 0.29) is 12.5 Å². The van der Waals surface area contributed by atoms with Crippen LogP contribution in [0.4, 0.5) is 10.5 Å². The van der Waals surface area contributed by atoms with Crippen molar-refractivity contribution in [3.8, 4) is 0 Å². The van der Waals surface area contributed by atoms with Gasteiger partial charge in [0.15, 0.2) is 0 Å².